The predicted molar refractivity (Wildman–Crippen MR) is 120 cm³/mol. The second kappa shape index (κ2) is 8.94. The first-order valence-electron chi connectivity index (χ1n) is 9.74. The van der Waals surface area contributed by atoms with Crippen LogP contribution in [0.15, 0.2) is 70.3 Å². The SMILES string of the molecule is N=CC1=C(Nc2ccc(F)cc2)C=C2CCN(Sc3ccc(F)c(Cl)c3)CC2(C=O)C1. The highest BCUT2D eigenvalue weighted by molar-refractivity contribution is 7.97. The van der Waals surface area contributed by atoms with Crippen LogP contribution in [0.1, 0.15) is 12.8 Å². The second-order valence-electron chi connectivity index (χ2n) is 7.62. The van der Waals surface area contributed by atoms with E-state index >= 15 is 0 Å². The van der Waals surface area contributed by atoms with Gasteiger partial charge in [-0.15, -0.1) is 0 Å². The summed E-state index contributed by atoms with van der Waals surface area (Å²) in [4.78, 5) is 13.1. The molecule has 0 aromatic heterocycles. The lowest BCUT2D eigenvalue weighted by molar-refractivity contribution is -0.115. The molecule has 1 aliphatic carbocycles. The molecule has 8 heteroatoms. The van der Waals surface area contributed by atoms with E-state index in [4.69, 9.17) is 17.0 Å². The Balaban J connectivity index is 1.55. The van der Waals surface area contributed by atoms with E-state index in [9.17, 15) is 13.6 Å². The molecule has 1 aliphatic heterocycles. The third-order valence-corrected chi connectivity index (χ3v) is 6.87. The number of anilines is 1. The fourth-order valence-electron chi connectivity index (χ4n) is 3.93. The van der Waals surface area contributed by atoms with Gasteiger partial charge in [0.1, 0.15) is 17.9 Å². The first kappa shape index (κ1) is 21.7. The molecule has 0 radical (unpaired) electrons. The van der Waals surface area contributed by atoms with Crippen LogP contribution in [-0.2, 0) is 4.79 Å². The number of carbonyl (C=O) groups excluding carboxylic acids is 1. The number of nitrogens with zero attached hydrogens (tertiary/aromatic N) is 1. The number of rotatable bonds is 6. The minimum atomic E-state index is -0.726. The number of piperidine rings is 1. The molecule has 1 saturated heterocycles. The van der Waals surface area contributed by atoms with E-state index in [1.807, 2.05) is 6.08 Å². The van der Waals surface area contributed by atoms with Crippen LogP contribution in [0, 0.1) is 22.5 Å². The Kier molecular flexibility index (Phi) is 6.27. The van der Waals surface area contributed by atoms with E-state index < -0.39 is 11.2 Å². The average Bonchev–Trinajstić information content (AvgIpc) is 2.77. The summed E-state index contributed by atoms with van der Waals surface area (Å²) < 4.78 is 28.7. The fourth-order valence-corrected chi connectivity index (χ4v) is 5.25. The van der Waals surface area contributed by atoms with E-state index in [2.05, 4.69) is 9.62 Å². The highest BCUT2D eigenvalue weighted by Crippen LogP contribution is 2.45. The zero-order chi connectivity index (χ0) is 22.0. The Morgan fingerprint density at radius 3 is 2.65 bits per heavy atom. The standard InChI is InChI=1S/C23H20ClF2N3OS/c24-20-10-19(5-6-21(20)26)31-29-8-7-16-9-22(28-18-3-1-17(25)2-4-18)15(12-27)11-23(16,13-29)14-30/h1-6,9-10,12,14,27-28H,7-8,11,13H2. The minimum Gasteiger partial charge on any atom is -0.355 e. The molecular formula is C23H20ClF2N3OS. The van der Waals surface area contributed by atoms with E-state index in [1.54, 1.807) is 24.3 Å². The maximum Gasteiger partial charge on any atom is 0.141 e. The second-order valence-corrected chi connectivity index (χ2v) is 9.19. The summed E-state index contributed by atoms with van der Waals surface area (Å²) in [6.07, 6.45) is 5.26. The monoisotopic (exact) mass is 459 g/mol. The summed E-state index contributed by atoms with van der Waals surface area (Å²) in [5.41, 5.74) is 2.45. The topological polar surface area (TPSA) is 56.2 Å². The molecule has 0 saturated carbocycles. The van der Waals surface area contributed by atoms with Gasteiger partial charge >= 0.3 is 0 Å². The van der Waals surface area contributed by atoms with Gasteiger partial charge in [0.25, 0.3) is 0 Å². The van der Waals surface area contributed by atoms with Crippen LogP contribution in [0.3, 0.4) is 0 Å². The molecule has 1 unspecified atom stereocenters. The van der Waals surface area contributed by atoms with Gasteiger partial charge in [-0.2, -0.15) is 0 Å². The van der Waals surface area contributed by atoms with Crippen molar-refractivity contribution in [1.82, 2.24) is 4.31 Å². The first-order valence-corrected chi connectivity index (χ1v) is 10.9. The van der Waals surface area contributed by atoms with E-state index in [1.165, 1.54) is 36.4 Å². The molecule has 2 aliphatic rings. The van der Waals surface area contributed by atoms with Gasteiger partial charge in [-0.3, -0.25) is 0 Å². The van der Waals surface area contributed by atoms with Crippen molar-refractivity contribution in [2.45, 2.75) is 17.7 Å². The van der Waals surface area contributed by atoms with Gasteiger partial charge < -0.3 is 15.5 Å². The normalized spacial score (nSPS) is 21.3. The van der Waals surface area contributed by atoms with Gasteiger partial charge in [0.05, 0.1) is 10.4 Å². The number of aldehydes is 1. The van der Waals surface area contributed by atoms with Crippen molar-refractivity contribution in [2.24, 2.45) is 5.41 Å². The summed E-state index contributed by atoms with van der Waals surface area (Å²) in [5.74, 6) is -0.783. The lowest BCUT2D eigenvalue weighted by atomic mass is 9.69. The number of halogens is 3. The molecule has 2 aromatic rings. The molecule has 0 bridgehead atoms. The summed E-state index contributed by atoms with van der Waals surface area (Å²) in [5, 5.41) is 11.2. The number of benzene rings is 2. The number of allylic oxidation sites excluding steroid dienone is 2. The number of nitrogens with one attached hydrogen (secondary N) is 2. The number of carbonyl (C=O) groups is 1. The molecule has 0 amide bonds. The zero-order valence-electron chi connectivity index (χ0n) is 16.5. The smallest absolute Gasteiger partial charge is 0.141 e. The van der Waals surface area contributed by atoms with Crippen molar-refractivity contribution < 1.29 is 13.6 Å². The van der Waals surface area contributed by atoms with E-state index in [0.717, 1.165) is 22.5 Å². The molecule has 0 spiro atoms. The van der Waals surface area contributed by atoms with Gasteiger partial charge in [-0.1, -0.05) is 17.2 Å². The molecule has 160 valence electrons. The van der Waals surface area contributed by atoms with Crippen LogP contribution < -0.4 is 5.32 Å². The van der Waals surface area contributed by atoms with Crippen LogP contribution in [0.2, 0.25) is 5.02 Å². The summed E-state index contributed by atoms with van der Waals surface area (Å²) >= 11 is 7.34. The Morgan fingerprint density at radius 1 is 1.19 bits per heavy atom. The van der Waals surface area contributed by atoms with Crippen molar-refractivity contribution in [3.63, 3.8) is 0 Å². The maximum absolute atomic E-state index is 13.4. The average molecular weight is 460 g/mol. The number of fused-ring (bicyclic) bond motifs is 1. The molecule has 2 aromatic carbocycles. The Hall–Kier alpha value is -2.48. The van der Waals surface area contributed by atoms with Crippen LogP contribution in [0.25, 0.3) is 0 Å². The molecule has 1 atom stereocenters. The van der Waals surface area contributed by atoms with Gasteiger partial charge in [-0.05, 0) is 78.9 Å². The van der Waals surface area contributed by atoms with Crippen molar-refractivity contribution in [1.29, 1.82) is 5.41 Å². The van der Waals surface area contributed by atoms with Crippen molar-refractivity contribution in [2.75, 3.05) is 18.4 Å². The van der Waals surface area contributed by atoms with Crippen molar-refractivity contribution in [3.8, 4) is 0 Å². The molecule has 31 heavy (non-hydrogen) atoms. The molecule has 1 fully saturated rings. The van der Waals surface area contributed by atoms with Gasteiger partial charge in [0, 0.05) is 35.6 Å². The number of hydrogen-bond acceptors (Lipinski definition) is 5. The summed E-state index contributed by atoms with van der Waals surface area (Å²) in [6.45, 7) is 1.19. The Bertz CT molecular complexity index is 1090. The highest BCUT2D eigenvalue weighted by atomic mass is 35.5. The van der Waals surface area contributed by atoms with E-state index in [-0.39, 0.29) is 10.8 Å². The minimum absolute atomic E-state index is 0.0656. The Morgan fingerprint density at radius 2 is 1.97 bits per heavy atom. The molecular weight excluding hydrogens is 440 g/mol. The Labute approximate surface area is 188 Å². The fraction of sp³-hybridized carbons (Fsp3) is 0.217. The lowest BCUT2D eigenvalue weighted by Crippen LogP contribution is -2.44. The third kappa shape index (κ3) is 4.59. The summed E-state index contributed by atoms with van der Waals surface area (Å²) in [7, 11) is 0. The van der Waals surface area contributed by atoms with E-state index in [0.29, 0.717) is 37.2 Å². The molecule has 4 nitrogen and oxygen atoms in total. The van der Waals surface area contributed by atoms with Crippen LogP contribution >= 0.6 is 23.5 Å². The highest BCUT2D eigenvalue weighted by Gasteiger charge is 2.42. The van der Waals surface area contributed by atoms with Gasteiger partial charge in [0.15, 0.2) is 0 Å². The van der Waals surface area contributed by atoms with Gasteiger partial charge in [-0.25, -0.2) is 13.1 Å². The van der Waals surface area contributed by atoms with Crippen molar-refractivity contribution in [3.05, 3.63) is 82.0 Å². The molecule has 1 heterocycles. The number of hydrogen-bond donors (Lipinski definition) is 2. The van der Waals surface area contributed by atoms with Crippen LogP contribution in [0.4, 0.5) is 14.5 Å². The van der Waals surface area contributed by atoms with Crippen LogP contribution in [0.5, 0.6) is 0 Å². The van der Waals surface area contributed by atoms with Crippen LogP contribution in [-0.4, -0.2) is 29.9 Å². The molecule has 4 rings (SSSR count). The summed E-state index contributed by atoms with van der Waals surface area (Å²) in [6, 6.07) is 10.6. The molecule has 2 N–H and O–H groups in total. The van der Waals surface area contributed by atoms with Gasteiger partial charge in [0.2, 0.25) is 0 Å². The zero-order valence-corrected chi connectivity index (χ0v) is 18.1. The quantitative estimate of drug-likeness (QED) is 0.322. The maximum atomic E-state index is 13.4. The third-order valence-electron chi connectivity index (χ3n) is 5.55. The van der Waals surface area contributed by atoms with Crippen molar-refractivity contribution >= 4 is 41.7 Å². The first-order chi connectivity index (χ1) is 14.9. The lowest BCUT2D eigenvalue weighted by Gasteiger charge is -2.43. The predicted octanol–water partition coefficient (Wildman–Crippen LogP) is 5.86. The largest absolute Gasteiger partial charge is 0.355 e.